The fourth-order valence-corrected chi connectivity index (χ4v) is 0.927. The molecule has 0 aromatic carbocycles. The number of rotatable bonds is 1. The van der Waals surface area contributed by atoms with Gasteiger partial charge in [-0.15, -0.1) is 4.91 Å². The summed E-state index contributed by atoms with van der Waals surface area (Å²) < 4.78 is 0.462. The number of nitrogen functional groups attached to an aromatic ring is 1. The molecule has 0 radical (unpaired) electrons. The van der Waals surface area contributed by atoms with Crippen molar-refractivity contribution in [3.05, 3.63) is 27.3 Å². The highest BCUT2D eigenvalue weighted by molar-refractivity contribution is 9.10. The minimum atomic E-state index is -1.12. The number of halogens is 1. The Labute approximate surface area is 86.6 Å². The normalized spacial score (nSPS) is 8.36. The molecule has 1 rings (SSSR count). The second-order valence-electron chi connectivity index (χ2n) is 1.96. The zero-order valence-electron chi connectivity index (χ0n) is 6.72. The molecule has 1 heterocycles. The summed E-state index contributed by atoms with van der Waals surface area (Å²) in [5, 5.41) is 16.4. The van der Waals surface area contributed by atoms with Gasteiger partial charge in [0, 0.05) is 0 Å². The van der Waals surface area contributed by atoms with E-state index >= 15 is 0 Å². The Morgan fingerprint density at radius 3 is 2.43 bits per heavy atom. The van der Waals surface area contributed by atoms with Gasteiger partial charge < -0.3 is 16.0 Å². The molecule has 0 amide bonds. The third-order valence-corrected chi connectivity index (χ3v) is 1.54. The molecule has 0 spiro atoms. The highest BCUT2D eigenvalue weighted by Gasteiger charge is 2.08. The van der Waals surface area contributed by atoms with E-state index in [0.717, 1.165) is 0 Å². The highest BCUT2D eigenvalue weighted by atomic mass is 79.9. The number of carboxylic acids is 1. The van der Waals surface area contributed by atoms with Crippen LogP contribution in [0.1, 0.15) is 10.5 Å². The van der Waals surface area contributed by atoms with Gasteiger partial charge in [-0.05, 0) is 28.1 Å². The van der Waals surface area contributed by atoms with E-state index in [4.69, 9.17) is 21.0 Å². The SMILES string of the molecule is Nc1ccc(Br)nc1C(=O)O.O=NO. The average Bonchev–Trinajstić information content (AvgIpc) is 2.10. The van der Waals surface area contributed by atoms with Gasteiger partial charge in [-0.3, -0.25) is 0 Å². The number of aromatic carboxylic acids is 1. The summed E-state index contributed by atoms with van der Waals surface area (Å²) in [7, 11) is 0. The van der Waals surface area contributed by atoms with E-state index < -0.39 is 5.97 Å². The van der Waals surface area contributed by atoms with Gasteiger partial charge in [0.15, 0.2) is 11.0 Å². The standard InChI is InChI=1S/C6H5BrN2O2.HNO2/c7-4-2-1-3(8)5(9-4)6(10)11;2-1-3/h1-2H,8H2,(H,10,11);(H,2,3). The van der Waals surface area contributed by atoms with E-state index in [1.165, 1.54) is 11.4 Å². The summed E-state index contributed by atoms with van der Waals surface area (Å²) in [5.41, 5.74) is 5.37. The van der Waals surface area contributed by atoms with Crippen LogP contribution in [0.15, 0.2) is 22.1 Å². The van der Waals surface area contributed by atoms with Gasteiger partial charge >= 0.3 is 5.97 Å². The highest BCUT2D eigenvalue weighted by Crippen LogP contribution is 2.13. The van der Waals surface area contributed by atoms with E-state index in [1.54, 1.807) is 6.07 Å². The van der Waals surface area contributed by atoms with Crippen molar-refractivity contribution in [2.75, 3.05) is 5.73 Å². The maximum absolute atomic E-state index is 10.4. The van der Waals surface area contributed by atoms with Crippen molar-refractivity contribution in [1.29, 1.82) is 0 Å². The van der Waals surface area contributed by atoms with Crippen LogP contribution >= 0.6 is 15.9 Å². The van der Waals surface area contributed by atoms with Crippen molar-refractivity contribution < 1.29 is 15.1 Å². The Bertz CT molecular complexity index is 344. The van der Waals surface area contributed by atoms with Gasteiger partial charge in [-0.2, -0.15) is 0 Å². The van der Waals surface area contributed by atoms with Crippen molar-refractivity contribution in [3.8, 4) is 0 Å². The number of nitrogens with two attached hydrogens (primary N) is 1. The number of hydrogen-bond donors (Lipinski definition) is 3. The molecule has 0 aliphatic rings. The zero-order valence-corrected chi connectivity index (χ0v) is 8.30. The van der Waals surface area contributed by atoms with Crippen LogP contribution in [0.4, 0.5) is 5.69 Å². The first-order chi connectivity index (χ1) is 6.52. The second kappa shape index (κ2) is 5.86. The van der Waals surface area contributed by atoms with Crippen LogP contribution < -0.4 is 5.73 Å². The lowest BCUT2D eigenvalue weighted by Gasteiger charge is -1.98. The molecule has 1 aromatic rings. The van der Waals surface area contributed by atoms with Gasteiger partial charge in [0.1, 0.15) is 4.60 Å². The van der Waals surface area contributed by atoms with Crippen molar-refractivity contribution in [3.63, 3.8) is 0 Å². The number of anilines is 1. The monoisotopic (exact) mass is 263 g/mol. The fraction of sp³-hybridized carbons (Fsp3) is 0. The lowest BCUT2D eigenvalue weighted by Crippen LogP contribution is -2.05. The first-order valence-corrected chi connectivity index (χ1v) is 3.94. The smallest absolute Gasteiger partial charge is 0.356 e. The minimum Gasteiger partial charge on any atom is -0.476 e. The van der Waals surface area contributed by atoms with E-state index in [0.29, 0.717) is 4.60 Å². The maximum atomic E-state index is 10.4. The predicted octanol–water partition coefficient (Wildman–Crippen LogP) is 1.27. The lowest BCUT2D eigenvalue weighted by molar-refractivity contribution is 0.0691. The number of carbonyl (C=O) groups is 1. The molecule has 0 saturated carbocycles. The van der Waals surface area contributed by atoms with Gasteiger partial charge in [0.25, 0.3) is 0 Å². The molecule has 0 aliphatic carbocycles. The van der Waals surface area contributed by atoms with Crippen LogP contribution in [-0.2, 0) is 0 Å². The molecule has 0 aliphatic heterocycles. The molecule has 4 N–H and O–H groups in total. The Morgan fingerprint density at radius 2 is 2.07 bits per heavy atom. The Morgan fingerprint density at radius 1 is 1.57 bits per heavy atom. The van der Waals surface area contributed by atoms with Crippen molar-refractivity contribution in [1.82, 2.24) is 4.98 Å². The van der Waals surface area contributed by atoms with Crippen LogP contribution in [0.25, 0.3) is 0 Å². The molecular weight excluding hydrogens is 258 g/mol. The number of aromatic nitrogens is 1. The minimum absolute atomic E-state index is 0.126. The first-order valence-electron chi connectivity index (χ1n) is 3.15. The Kier molecular flexibility index (Phi) is 5.15. The van der Waals surface area contributed by atoms with Gasteiger partial charge in [-0.25, -0.2) is 9.78 Å². The molecule has 0 saturated heterocycles. The number of pyridine rings is 1. The summed E-state index contributed by atoms with van der Waals surface area (Å²) in [6.07, 6.45) is 0. The molecule has 14 heavy (non-hydrogen) atoms. The van der Waals surface area contributed by atoms with Crippen LogP contribution in [0.3, 0.4) is 0 Å². The molecule has 7 nitrogen and oxygen atoms in total. The van der Waals surface area contributed by atoms with Crippen LogP contribution in [0, 0.1) is 4.91 Å². The Hall–Kier alpha value is -1.70. The molecule has 0 fully saturated rings. The summed E-state index contributed by atoms with van der Waals surface area (Å²) in [6, 6.07) is 3.07. The van der Waals surface area contributed by atoms with E-state index in [1.807, 2.05) is 0 Å². The molecule has 0 bridgehead atoms. The molecule has 76 valence electrons. The second-order valence-corrected chi connectivity index (χ2v) is 2.77. The lowest BCUT2D eigenvalue weighted by atomic mass is 10.3. The van der Waals surface area contributed by atoms with Gasteiger partial charge in [0.05, 0.1) is 5.69 Å². The first kappa shape index (κ1) is 12.3. The Balaban J connectivity index is 0.000000500. The molecule has 0 atom stereocenters. The summed E-state index contributed by atoms with van der Waals surface area (Å²) in [4.78, 5) is 22.2. The van der Waals surface area contributed by atoms with Crippen LogP contribution in [0.5, 0.6) is 0 Å². The van der Waals surface area contributed by atoms with Crippen LogP contribution in [-0.4, -0.2) is 21.3 Å². The third kappa shape index (κ3) is 3.81. The third-order valence-electron chi connectivity index (χ3n) is 1.10. The fourth-order valence-electron chi connectivity index (χ4n) is 0.617. The van der Waals surface area contributed by atoms with Crippen molar-refractivity contribution in [2.45, 2.75) is 0 Å². The predicted molar refractivity (Wildman–Crippen MR) is 50.9 cm³/mol. The van der Waals surface area contributed by atoms with Crippen molar-refractivity contribution >= 4 is 27.6 Å². The van der Waals surface area contributed by atoms with Gasteiger partial charge in [-0.1, -0.05) is 0 Å². The largest absolute Gasteiger partial charge is 0.476 e. The maximum Gasteiger partial charge on any atom is 0.356 e. The molecular formula is C6H6BrN3O4. The van der Waals surface area contributed by atoms with Crippen LogP contribution in [0.2, 0.25) is 0 Å². The number of hydrogen-bond acceptors (Lipinski definition) is 5. The van der Waals surface area contributed by atoms with E-state index in [2.05, 4.69) is 20.9 Å². The van der Waals surface area contributed by atoms with E-state index in [-0.39, 0.29) is 11.4 Å². The quantitative estimate of drug-likeness (QED) is 0.398. The zero-order chi connectivity index (χ0) is 11.1. The summed E-state index contributed by atoms with van der Waals surface area (Å²) in [6.45, 7) is 0. The topological polar surface area (TPSA) is 126 Å². The number of nitrogens with zero attached hydrogens (tertiary/aromatic N) is 2. The molecule has 0 unspecified atom stereocenters. The van der Waals surface area contributed by atoms with E-state index in [9.17, 15) is 4.79 Å². The van der Waals surface area contributed by atoms with Gasteiger partial charge in [0.2, 0.25) is 0 Å². The molecule has 1 aromatic heterocycles. The average molecular weight is 264 g/mol. The summed E-state index contributed by atoms with van der Waals surface area (Å²) in [5.74, 6) is -1.12. The van der Waals surface area contributed by atoms with Crippen molar-refractivity contribution in [2.24, 2.45) is 5.34 Å². The number of carboxylic acid groups (broad SMARTS) is 1. The summed E-state index contributed by atoms with van der Waals surface area (Å²) >= 11 is 3.03. The molecule has 8 heteroatoms.